The third kappa shape index (κ3) is 2.94. The van der Waals surface area contributed by atoms with Crippen LogP contribution in [0, 0.1) is 11.8 Å². The molecule has 2 N–H and O–H groups in total. The van der Waals surface area contributed by atoms with Gasteiger partial charge in [0.1, 0.15) is 0 Å². The Kier molecular flexibility index (Phi) is 3.29. The van der Waals surface area contributed by atoms with Crippen molar-refractivity contribution in [1.82, 2.24) is 4.90 Å². The number of hydrogen-bond donors (Lipinski definition) is 1. The molecule has 0 amide bonds. The van der Waals surface area contributed by atoms with Crippen LogP contribution >= 0.6 is 0 Å². The van der Waals surface area contributed by atoms with Crippen molar-refractivity contribution in [3.63, 3.8) is 0 Å². The number of hydrogen-bond acceptors (Lipinski definition) is 2. The van der Waals surface area contributed by atoms with Crippen molar-refractivity contribution < 1.29 is 0 Å². The van der Waals surface area contributed by atoms with E-state index in [0.29, 0.717) is 12.0 Å². The molecule has 1 heterocycles. The topological polar surface area (TPSA) is 41.6 Å². The summed E-state index contributed by atoms with van der Waals surface area (Å²) in [4.78, 5) is 7.06. The number of nitrogens with zero attached hydrogens (tertiary/aromatic N) is 2. The summed E-state index contributed by atoms with van der Waals surface area (Å²) < 4.78 is 0. The zero-order valence-electron chi connectivity index (χ0n) is 9.95. The van der Waals surface area contributed by atoms with Crippen molar-refractivity contribution in [2.45, 2.75) is 39.2 Å². The molecule has 2 fully saturated rings. The van der Waals surface area contributed by atoms with Crippen LogP contribution < -0.4 is 5.73 Å². The van der Waals surface area contributed by atoms with Gasteiger partial charge in [-0.1, -0.05) is 0 Å². The summed E-state index contributed by atoms with van der Waals surface area (Å²) in [7, 11) is 0. The Labute approximate surface area is 92.7 Å². The molecule has 0 aromatic carbocycles. The minimum atomic E-state index is 0.632. The molecule has 1 saturated heterocycles. The third-order valence-corrected chi connectivity index (χ3v) is 3.58. The highest BCUT2D eigenvalue weighted by Crippen LogP contribution is 2.29. The van der Waals surface area contributed by atoms with Crippen LogP contribution in [0.4, 0.5) is 0 Å². The number of likely N-dealkylation sites (tertiary alicyclic amines) is 1. The van der Waals surface area contributed by atoms with Gasteiger partial charge in [-0.05, 0) is 45.6 Å². The van der Waals surface area contributed by atoms with Gasteiger partial charge in [0, 0.05) is 25.0 Å². The summed E-state index contributed by atoms with van der Waals surface area (Å²) >= 11 is 0. The molecule has 2 rings (SSSR count). The maximum absolute atomic E-state index is 5.89. The Bertz CT molecular complexity index is 243. The fourth-order valence-corrected chi connectivity index (χ4v) is 2.22. The molecule has 1 atom stereocenters. The molecule has 1 aliphatic heterocycles. The van der Waals surface area contributed by atoms with Gasteiger partial charge in [0.25, 0.3) is 0 Å². The van der Waals surface area contributed by atoms with E-state index in [1.807, 2.05) is 0 Å². The molecular weight excluding hydrogens is 186 g/mol. The lowest BCUT2D eigenvalue weighted by Crippen LogP contribution is -2.28. The largest absolute Gasteiger partial charge is 0.387 e. The second-order valence-electron chi connectivity index (χ2n) is 5.28. The van der Waals surface area contributed by atoms with Gasteiger partial charge in [-0.25, -0.2) is 0 Å². The third-order valence-electron chi connectivity index (χ3n) is 3.58. The van der Waals surface area contributed by atoms with Crippen molar-refractivity contribution in [1.29, 1.82) is 0 Å². The molecule has 3 nitrogen and oxygen atoms in total. The summed E-state index contributed by atoms with van der Waals surface area (Å²) in [6.07, 6.45) is 3.82. The highest BCUT2D eigenvalue weighted by atomic mass is 15.2. The highest BCUT2D eigenvalue weighted by Gasteiger charge is 2.27. The monoisotopic (exact) mass is 209 g/mol. The molecule has 86 valence electrons. The molecule has 3 heteroatoms. The Hall–Kier alpha value is -0.570. The maximum Gasteiger partial charge on any atom is 0.0968 e. The first-order valence-corrected chi connectivity index (χ1v) is 6.20. The molecule has 1 aliphatic carbocycles. The van der Waals surface area contributed by atoms with Crippen LogP contribution in [0.2, 0.25) is 0 Å². The first kappa shape index (κ1) is 10.9. The van der Waals surface area contributed by atoms with Gasteiger partial charge in [0.15, 0.2) is 0 Å². The fraction of sp³-hybridized carbons (Fsp3) is 0.917. The Morgan fingerprint density at radius 1 is 1.40 bits per heavy atom. The van der Waals surface area contributed by atoms with E-state index in [4.69, 9.17) is 5.73 Å². The van der Waals surface area contributed by atoms with E-state index in [-0.39, 0.29) is 0 Å². The van der Waals surface area contributed by atoms with Crippen LogP contribution in [0.5, 0.6) is 0 Å². The van der Waals surface area contributed by atoms with E-state index in [1.54, 1.807) is 0 Å². The highest BCUT2D eigenvalue weighted by molar-refractivity contribution is 5.84. The van der Waals surface area contributed by atoms with Gasteiger partial charge in [0.2, 0.25) is 0 Å². The summed E-state index contributed by atoms with van der Waals surface area (Å²) in [6.45, 7) is 7.93. The predicted octanol–water partition coefficient (Wildman–Crippen LogP) is 1.48. The minimum absolute atomic E-state index is 0.632. The zero-order chi connectivity index (χ0) is 10.8. The predicted molar refractivity (Wildman–Crippen MR) is 64.0 cm³/mol. The summed E-state index contributed by atoms with van der Waals surface area (Å²) in [5.74, 6) is 2.29. The quantitative estimate of drug-likeness (QED) is 0.563. The zero-order valence-corrected chi connectivity index (χ0v) is 9.95. The second-order valence-corrected chi connectivity index (χ2v) is 5.28. The van der Waals surface area contributed by atoms with E-state index >= 15 is 0 Å². The maximum atomic E-state index is 5.89. The Balaban J connectivity index is 1.74. The minimum Gasteiger partial charge on any atom is -0.387 e. The molecule has 2 aliphatic rings. The average Bonchev–Trinajstić information content (AvgIpc) is 2.93. The molecule has 0 bridgehead atoms. The lowest BCUT2D eigenvalue weighted by atomic mass is 10.1. The second kappa shape index (κ2) is 4.52. The van der Waals surface area contributed by atoms with E-state index in [2.05, 4.69) is 23.7 Å². The molecular formula is C12H23N3. The van der Waals surface area contributed by atoms with E-state index in [0.717, 1.165) is 18.3 Å². The molecule has 15 heavy (non-hydrogen) atoms. The molecule has 1 unspecified atom stereocenters. The van der Waals surface area contributed by atoms with Crippen LogP contribution in [0.15, 0.2) is 4.99 Å². The van der Waals surface area contributed by atoms with Crippen molar-refractivity contribution in [3.05, 3.63) is 0 Å². The van der Waals surface area contributed by atoms with Crippen LogP contribution in [-0.2, 0) is 0 Å². The lowest BCUT2D eigenvalue weighted by molar-refractivity contribution is 0.266. The number of rotatable bonds is 4. The molecule has 0 aromatic rings. The Morgan fingerprint density at radius 3 is 2.67 bits per heavy atom. The van der Waals surface area contributed by atoms with Crippen molar-refractivity contribution in [2.24, 2.45) is 22.6 Å². The smallest absolute Gasteiger partial charge is 0.0968 e. The van der Waals surface area contributed by atoms with Crippen molar-refractivity contribution in [2.75, 3.05) is 19.6 Å². The van der Waals surface area contributed by atoms with Crippen LogP contribution in [-0.4, -0.2) is 36.4 Å². The summed E-state index contributed by atoms with van der Waals surface area (Å²) in [6, 6.07) is 0.680. The SMILES string of the molecule is CC(C)N1CCC(CN=C(N)C2CC2)C1. The van der Waals surface area contributed by atoms with Crippen LogP contribution in [0.25, 0.3) is 0 Å². The molecule has 0 aromatic heterocycles. The van der Waals surface area contributed by atoms with Gasteiger partial charge >= 0.3 is 0 Å². The van der Waals surface area contributed by atoms with Gasteiger partial charge < -0.3 is 10.6 Å². The van der Waals surface area contributed by atoms with E-state index < -0.39 is 0 Å². The first-order chi connectivity index (χ1) is 7.16. The van der Waals surface area contributed by atoms with E-state index in [9.17, 15) is 0 Å². The van der Waals surface area contributed by atoms with Gasteiger partial charge in [0.05, 0.1) is 5.84 Å². The molecule has 0 radical (unpaired) electrons. The Morgan fingerprint density at radius 2 is 2.13 bits per heavy atom. The summed E-state index contributed by atoms with van der Waals surface area (Å²) in [5, 5.41) is 0. The van der Waals surface area contributed by atoms with Gasteiger partial charge in [-0.15, -0.1) is 0 Å². The normalized spacial score (nSPS) is 29.0. The van der Waals surface area contributed by atoms with Gasteiger partial charge in [-0.2, -0.15) is 0 Å². The van der Waals surface area contributed by atoms with Crippen molar-refractivity contribution in [3.8, 4) is 0 Å². The molecule has 1 saturated carbocycles. The van der Waals surface area contributed by atoms with Crippen LogP contribution in [0.1, 0.15) is 33.1 Å². The average molecular weight is 209 g/mol. The van der Waals surface area contributed by atoms with E-state index in [1.165, 1.54) is 32.4 Å². The standard InChI is InChI=1S/C12H23N3/c1-9(2)15-6-5-10(8-15)7-14-12(13)11-3-4-11/h9-11H,3-8H2,1-2H3,(H2,13,14). The van der Waals surface area contributed by atoms with Gasteiger partial charge in [-0.3, -0.25) is 4.99 Å². The lowest BCUT2D eigenvalue weighted by Gasteiger charge is -2.19. The number of amidine groups is 1. The number of aliphatic imine (C=N–C) groups is 1. The summed E-state index contributed by atoms with van der Waals surface area (Å²) in [5.41, 5.74) is 5.89. The molecule has 0 spiro atoms. The number of nitrogens with two attached hydrogens (primary N) is 1. The van der Waals surface area contributed by atoms with Crippen molar-refractivity contribution >= 4 is 5.84 Å². The van der Waals surface area contributed by atoms with Crippen LogP contribution in [0.3, 0.4) is 0 Å². The fourth-order valence-electron chi connectivity index (χ4n) is 2.22. The first-order valence-electron chi connectivity index (χ1n) is 6.20.